The number of carboxylic acid groups (broad SMARTS) is 1. The van der Waals surface area contributed by atoms with E-state index >= 15 is 0 Å². The monoisotopic (exact) mass is 234 g/mol. The number of ether oxygens (including phenoxy) is 1. The van der Waals surface area contributed by atoms with Crippen molar-refractivity contribution in [3.8, 4) is 0 Å². The second-order valence-electron chi connectivity index (χ2n) is 3.95. The van der Waals surface area contributed by atoms with Crippen LogP contribution in [0.3, 0.4) is 0 Å². The highest BCUT2D eigenvalue weighted by atomic mass is 16.5. The Bertz CT molecular complexity index is 548. The molecule has 1 heterocycles. The number of methoxy groups -OCH3 is 1. The fourth-order valence-corrected chi connectivity index (χ4v) is 1.79. The smallest absolute Gasteiger partial charge is 0.333 e. The molecule has 0 fully saturated rings. The molecule has 1 unspecified atom stereocenters. The molecule has 0 spiro atoms. The molecule has 0 radical (unpaired) electrons. The largest absolute Gasteiger partial charge is 0.479 e. The van der Waals surface area contributed by atoms with E-state index < -0.39 is 12.1 Å². The summed E-state index contributed by atoms with van der Waals surface area (Å²) in [4.78, 5) is 15.1. The van der Waals surface area contributed by atoms with Gasteiger partial charge >= 0.3 is 5.97 Å². The summed E-state index contributed by atoms with van der Waals surface area (Å²) >= 11 is 0. The molecule has 2 rings (SSSR count). The number of carboxylic acids is 1. The van der Waals surface area contributed by atoms with E-state index in [0.29, 0.717) is 6.42 Å². The van der Waals surface area contributed by atoms with Crippen molar-refractivity contribution in [1.29, 1.82) is 0 Å². The molecule has 0 saturated carbocycles. The molecule has 1 aromatic heterocycles. The van der Waals surface area contributed by atoms with Crippen LogP contribution in [0.5, 0.6) is 0 Å². The molecule has 0 amide bonds. The SMILES string of the molecule is COC(Cc1ccc2c(c1)ncn2C)C(=O)O. The molecule has 90 valence electrons. The summed E-state index contributed by atoms with van der Waals surface area (Å²) in [6.45, 7) is 0. The van der Waals surface area contributed by atoms with E-state index in [1.807, 2.05) is 29.8 Å². The Labute approximate surface area is 98.6 Å². The van der Waals surface area contributed by atoms with Crippen LogP contribution in [0.1, 0.15) is 5.56 Å². The van der Waals surface area contributed by atoms with Gasteiger partial charge in [-0.3, -0.25) is 0 Å². The predicted octanol–water partition coefficient (Wildman–Crippen LogP) is 1.22. The third kappa shape index (κ3) is 2.29. The van der Waals surface area contributed by atoms with Crippen LogP contribution in [0.25, 0.3) is 11.0 Å². The number of rotatable bonds is 4. The number of hydrogen-bond donors (Lipinski definition) is 1. The highest BCUT2D eigenvalue weighted by molar-refractivity contribution is 5.77. The first kappa shape index (κ1) is 11.6. The van der Waals surface area contributed by atoms with Gasteiger partial charge in [-0.2, -0.15) is 0 Å². The lowest BCUT2D eigenvalue weighted by molar-refractivity contribution is -0.148. The molecule has 5 nitrogen and oxygen atoms in total. The molecule has 0 aliphatic rings. The topological polar surface area (TPSA) is 64.4 Å². The second-order valence-corrected chi connectivity index (χ2v) is 3.95. The van der Waals surface area contributed by atoms with E-state index in [4.69, 9.17) is 9.84 Å². The Morgan fingerprint density at radius 2 is 2.35 bits per heavy atom. The Hall–Kier alpha value is -1.88. The summed E-state index contributed by atoms with van der Waals surface area (Å²) in [6, 6.07) is 5.73. The van der Waals surface area contributed by atoms with Crippen LogP contribution in [0, 0.1) is 0 Å². The molecule has 5 heteroatoms. The Kier molecular flexibility index (Phi) is 3.10. The molecule has 1 aromatic carbocycles. The number of carbonyl (C=O) groups is 1. The average molecular weight is 234 g/mol. The van der Waals surface area contributed by atoms with E-state index in [-0.39, 0.29) is 0 Å². The maximum absolute atomic E-state index is 10.9. The number of aliphatic carboxylic acids is 1. The van der Waals surface area contributed by atoms with Crippen molar-refractivity contribution in [3.63, 3.8) is 0 Å². The van der Waals surface area contributed by atoms with E-state index in [9.17, 15) is 4.79 Å². The molecule has 0 bridgehead atoms. The maximum atomic E-state index is 10.9. The number of nitrogens with zero attached hydrogens (tertiary/aromatic N) is 2. The van der Waals surface area contributed by atoms with Gasteiger partial charge in [-0.05, 0) is 17.7 Å². The van der Waals surface area contributed by atoms with Crippen LogP contribution < -0.4 is 0 Å². The number of aryl methyl sites for hydroxylation is 1. The Morgan fingerprint density at radius 3 is 3.00 bits per heavy atom. The molecule has 0 aliphatic carbocycles. The summed E-state index contributed by atoms with van der Waals surface area (Å²) in [7, 11) is 3.32. The number of benzene rings is 1. The Morgan fingerprint density at radius 1 is 1.59 bits per heavy atom. The minimum absolute atomic E-state index is 0.346. The van der Waals surface area contributed by atoms with Crippen LogP contribution in [0.15, 0.2) is 24.5 Å². The van der Waals surface area contributed by atoms with Crippen LogP contribution in [-0.4, -0.2) is 33.8 Å². The number of imidazole rings is 1. The molecule has 1 N–H and O–H groups in total. The summed E-state index contributed by atoms with van der Waals surface area (Å²) in [6.07, 6.45) is 1.27. The zero-order valence-corrected chi connectivity index (χ0v) is 9.75. The molecule has 17 heavy (non-hydrogen) atoms. The van der Waals surface area contributed by atoms with Crippen LogP contribution in [0.2, 0.25) is 0 Å². The van der Waals surface area contributed by atoms with E-state index in [1.54, 1.807) is 6.33 Å². The van der Waals surface area contributed by atoms with Crippen molar-refractivity contribution in [3.05, 3.63) is 30.1 Å². The van der Waals surface area contributed by atoms with Crippen LogP contribution >= 0.6 is 0 Å². The van der Waals surface area contributed by atoms with Gasteiger partial charge in [0.1, 0.15) is 0 Å². The number of hydrogen-bond acceptors (Lipinski definition) is 3. The van der Waals surface area contributed by atoms with E-state index in [1.165, 1.54) is 7.11 Å². The minimum atomic E-state index is -0.950. The fraction of sp³-hybridized carbons (Fsp3) is 0.333. The van der Waals surface area contributed by atoms with Gasteiger partial charge in [-0.1, -0.05) is 6.07 Å². The lowest BCUT2D eigenvalue weighted by atomic mass is 10.1. The van der Waals surface area contributed by atoms with Crippen molar-refractivity contribution < 1.29 is 14.6 Å². The molecular weight excluding hydrogens is 220 g/mol. The van der Waals surface area contributed by atoms with Crippen LogP contribution in [0.4, 0.5) is 0 Å². The van der Waals surface area contributed by atoms with Crippen molar-refractivity contribution in [1.82, 2.24) is 9.55 Å². The molecule has 0 saturated heterocycles. The highest BCUT2D eigenvalue weighted by Crippen LogP contribution is 2.15. The standard InChI is InChI=1S/C12H14N2O3/c1-14-7-13-9-5-8(3-4-10(9)14)6-11(17-2)12(15)16/h3-5,7,11H,6H2,1-2H3,(H,15,16). The van der Waals surface area contributed by atoms with E-state index in [2.05, 4.69) is 4.98 Å². The summed E-state index contributed by atoms with van der Waals surface area (Å²) in [5.41, 5.74) is 2.80. The van der Waals surface area contributed by atoms with Crippen molar-refractivity contribution >= 4 is 17.0 Å². The molecular formula is C12H14N2O3. The first-order chi connectivity index (χ1) is 8.11. The summed E-state index contributed by atoms with van der Waals surface area (Å²) < 4.78 is 6.83. The highest BCUT2D eigenvalue weighted by Gasteiger charge is 2.17. The van der Waals surface area contributed by atoms with Gasteiger partial charge in [-0.25, -0.2) is 9.78 Å². The predicted molar refractivity (Wildman–Crippen MR) is 62.9 cm³/mol. The lowest BCUT2D eigenvalue weighted by Crippen LogP contribution is -2.24. The fourth-order valence-electron chi connectivity index (χ4n) is 1.79. The lowest BCUT2D eigenvalue weighted by Gasteiger charge is -2.10. The minimum Gasteiger partial charge on any atom is -0.479 e. The second kappa shape index (κ2) is 4.55. The van der Waals surface area contributed by atoms with Gasteiger partial charge in [0, 0.05) is 20.6 Å². The van der Waals surface area contributed by atoms with Crippen LogP contribution in [-0.2, 0) is 23.0 Å². The Balaban J connectivity index is 2.27. The number of aromatic nitrogens is 2. The zero-order valence-electron chi connectivity index (χ0n) is 9.75. The first-order valence-corrected chi connectivity index (χ1v) is 5.27. The molecule has 1 atom stereocenters. The first-order valence-electron chi connectivity index (χ1n) is 5.27. The van der Waals surface area contributed by atoms with Crippen molar-refractivity contribution in [2.75, 3.05) is 7.11 Å². The quantitative estimate of drug-likeness (QED) is 0.863. The van der Waals surface area contributed by atoms with E-state index in [0.717, 1.165) is 16.6 Å². The van der Waals surface area contributed by atoms with Gasteiger partial charge in [-0.15, -0.1) is 0 Å². The average Bonchev–Trinajstić information content (AvgIpc) is 2.67. The van der Waals surface area contributed by atoms with Gasteiger partial charge in [0.05, 0.1) is 17.4 Å². The van der Waals surface area contributed by atoms with Gasteiger partial charge < -0.3 is 14.4 Å². The van der Waals surface area contributed by atoms with Gasteiger partial charge in [0.2, 0.25) is 0 Å². The summed E-state index contributed by atoms with van der Waals surface area (Å²) in [5.74, 6) is -0.950. The third-order valence-corrected chi connectivity index (χ3v) is 2.77. The van der Waals surface area contributed by atoms with Crippen molar-refractivity contribution in [2.24, 2.45) is 7.05 Å². The van der Waals surface area contributed by atoms with Gasteiger partial charge in [0.15, 0.2) is 6.10 Å². The third-order valence-electron chi connectivity index (χ3n) is 2.77. The molecule has 2 aromatic rings. The van der Waals surface area contributed by atoms with Gasteiger partial charge in [0.25, 0.3) is 0 Å². The summed E-state index contributed by atoms with van der Waals surface area (Å²) in [5, 5.41) is 8.91. The number of fused-ring (bicyclic) bond motifs is 1. The van der Waals surface area contributed by atoms with Crippen molar-refractivity contribution in [2.45, 2.75) is 12.5 Å². The normalized spacial score (nSPS) is 12.8. The maximum Gasteiger partial charge on any atom is 0.333 e. The molecule has 0 aliphatic heterocycles. The zero-order chi connectivity index (χ0) is 12.4.